The second kappa shape index (κ2) is 8.85. The molecule has 0 unspecified atom stereocenters. The van der Waals surface area contributed by atoms with Crippen molar-refractivity contribution in [3.63, 3.8) is 0 Å². The van der Waals surface area contributed by atoms with E-state index in [2.05, 4.69) is 89.3 Å². The number of aryl methyl sites for hydroxylation is 4. The smallest absolute Gasteiger partial charge is 0.121 e. The Balaban J connectivity index is 2.21. The monoisotopic (exact) mass is 428 g/mol. The average Bonchev–Trinajstić information content (AvgIpc) is 3.39. The molecule has 3 heterocycles. The SMILES string of the molecule is CCC1=C(c2cc(CC)c(C)s2)[Si](CC)(CC)C(c2sc(CC)cc2CC)=C1. The van der Waals surface area contributed by atoms with Gasteiger partial charge in [0.25, 0.3) is 0 Å². The summed E-state index contributed by atoms with van der Waals surface area (Å²) < 4.78 is 0. The average molecular weight is 429 g/mol. The van der Waals surface area contributed by atoms with Gasteiger partial charge in [-0.3, -0.25) is 0 Å². The number of rotatable bonds is 8. The van der Waals surface area contributed by atoms with Crippen LogP contribution in [0.2, 0.25) is 12.1 Å². The molecule has 0 N–H and O–H groups in total. The van der Waals surface area contributed by atoms with Gasteiger partial charge in [0.15, 0.2) is 0 Å². The summed E-state index contributed by atoms with van der Waals surface area (Å²) in [5.74, 6) is 0. The highest BCUT2D eigenvalue weighted by atomic mass is 32.1. The van der Waals surface area contributed by atoms with E-state index in [1.165, 1.54) is 17.0 Å². The molecule has 0 aliphatic carbocycles. The lowest BCUT2D eigenvalue weighted by molar-refractivity contribution is 1.13. The van der Waals surface area contributed by atoms with Crippen LogP contribution < -0.4 is 0 Å². The van der Waals surface area contributed by atoms with Crippen molar-refractivity contribution in [1.82, 2.24) is 0 Å². The lowest BCUT2D eigenvalue weighted by Gasteiger charge is -2.32. The van der Waals surface area contributed by atoms with Crippen molar-refractivity contribution < 1.29 is 0 Å². The molecule has 3 heteroatoms. The van der Waals surface area contributed by atoms with Crippen molar-refractivity contribution in [2.45, 2.75) is 86.2 Å². The molecule has 1 aliphatic rings. The molecule has 0 aromatic carbocycles. The zero-order chi connectivity index (χ0) is 20.5. The molecule has 28 heavy (non-hydrogen) atoms. The van der Waals surface area contributed by atoms with Crippen molar-refractivity contribution in [3.05, 3.63) is 54.4 Å². The van der Waals surface area contributed by atoms with E-state index in [0.717, 1.165) is 25.7 Å². The van der Waals surface area contributed by atoms with Crippen molar-refractivity contribution >= 4 is 41.1 Å². The fourth-order valence-electron chi connectivity index (χ4n) is 4.91. The summed E-state index contributed by atoms with van der Waals surface area (Å²) in [6.45, 7) is 16.5. The summed E-state index contributed by atoms with van der Waals surface area (Å²) in [6, 6.07) is 7.64. The van der Waals surface area contributed by atoms with Crippen LogP contribution in [-0.4, -0.2) is 8.07 Å². The lowest BCUT2D eigenvalue weighted by Crippen LogP contribution is -2.34. The van der Waals surface area contributed by atoms with Gasteiger partial charge < -0.3 is 0 Å². The van der Waals surface area contributed by atoms with Crippen molar-refractivity contribution in [2.75, 3.05) is 0 Å². The minimum absolute atomic E-state index is 1.15. The van der Waals surface area contributed by atoms with Crippen molar-refractivity contribution in [2.24, 2.45) is 0 Å². The molecule has 0 saturated carbocycles. The Kier molecular flexibility index (Phi) is 6.89. The first-order chi connectivity index (χ1) is 13.5. The van der Waals surface area contributed by atoms with Crippen LogP contribution in [0.15, 0.2) is 23.8 Å². The number of thiophene rings is 2. The molecule has 0 nitrogen and oxygen atoms in total. The molecule has 0 bridgehead atoms. The van der Waals surface area contributed by atoms with Gasteiger partial charge in [-0.15, -0.1) is 22.7 Å². The van der Waals surface area contributed by atoms with Gasteiger partial charge in [0, 0.05) is 19.5 Å². The predicted octanol–water partition coefficient (Wildman–Crippen LogP) is 8.63. The Labute approximate surface area is 181 Å². The summed E-state index contributed by atoms with van der Waals surface area (Å²) in [7, 11) is -1.71. The van der Waals surface area contributed by atoms with E-state index in [1.54, 1.807) is 41.7 Å². The molecular weight excluding hydrogens is 392 g/mol. The van der Waals surface area contributed by atoms with Crippen LogP contribution in [0.25, 0.3) is 10.4 Å². The summed E-state index contributed by atoms with van der Waals surface area (Å²) in [5, 5.41) is 3.52. The molecule has 152 valence electrons. The summed E-state index contributed by atoms with van der Waals surface area (Å²) in [4.78, 5) is 6.27. The number of hydrogen-bond donors (Lipinski definition) is 0. The first-order valence-electron chi connectivity index (χ1n) is 11.2. The van der Waals surface area contributed by atoms with Gasteiger partial charge in [-0.25, -0.2) is 0 Å². The van der Waals surface area contributed by atoms with E-state index in [9.17, 15) is 0 Å². The van der Waals surface area contributed by atoms with Crippen molar-refractivity contribution in [3.8, 4) is 0 Å². The van der Waals surface area contributed by atoms with Crippen LogP contribution in [0.4, 0.5) is 0 Å². The van der Waals surface area contributed by atoms with Gasteiger partial charge in [-0.05, 0) is 71.8 Å². The van der Waals surface area contributed by atoms with E-state index in [0.29, 0.717) is 0 Å². The van der Waals surface area contributed by atoms with Crippen LogP contribution in [-0.2, 0) is 19.3 Å². The third kappa shape index (κ3) is 3.44. The maximum absolute atomic E-state index is 2.64. The molecular formula is C25H36S2Si. The highest BCUT2D eigenvalue weighted by molar-refractivity contribution is 7.22. The standard InChI is InChI=1S/C25H36S2Si/c1-8-18-15-22(26-17(18)7)25-20(10-3)16-23(28(25,12-5)13-6)24-19(9-2)14-21(11-4)27-24/h14-16H,8-13H2,1-7H3. The Morgan fingerprint density at radius 1 is 0.786 bits per heavy atom. The molecule has 0 amide bonds. The molecule has 0 fully saturated rings. The quantitative estimate of drug-likeness (QED) is 0.369. The van der Waals surface area contributed by atoms with Crippen molar-refractivity contribution in [1.29, 1.82) is 0 Å². The minimum Gasteiger partial charge on any atom is -0.141 e. The Morgan fingerprint density at radius 2 is 1.46 bits per heavy atom. The van der Waals surface area contributed by atoms with Crippen LogP contribution in [0.1, 0.15) is 78.6 Å². The van der Waals surface area contributed by atoms with E-state index >= 15 is 0 Å². The van der Waals surface area contributed by atoms with Crippen LogP contribution >= 0.6 is 22.7 Å². The van der Waals surface area contributed by atoms with Gasteiger partial charge in [0.1, 0.15) is 8.07 Å². The zero-order valence-corrected chi connectivity index (χ0v) is 21.4. The first kappa shape index (κ1) is 21.8. The molecule has 3 rings (SSSR count). The Morgan fingerprint density at radius 3 is 1.96 bits per heavy atom. The highest BCUT2D eigenvalue weighted by Gasteiger charge is 2.45. The van der Waals surface area contributed by atoms with E-state index in [1.807, 2.05) is 0 Å². The van der Waals surface area contributed by atoms with Gasteiger partial charge in [0.05, 0.1) is 0 Å². The maximum atomic E-state index is 2.64. The summed E-state index contributed by atoms with van der Waals surface area (Å²) in [5.41, 5.74) is 4.76. The Bertz CT molecular complexity index is 903. The van der Waals surface area contributed by atoms with Gasteiger partial charge in [0.2, 0.25) is 0 Å². The first-order valence-corrected chi connectivity index (χ1v) is 15.2. The molecule has 2 aromatic rings. The van der Waals surface area contributed by atoms with Gasteiger partial charge in [-0.1, -0.05) is 59.7 Å². The minimum atomic E-state index is -1.71. The summed E-state index contributed by atoms with van der Waals surface area (Å²) in [6.07, 6.45) is 7.24. The van der Waals surface area contributed by atoms with Crippen LogP contribution in [0, 0.1) is 6.92 Å². The second-order valence-electron chi connectivity index (χ2n) is 7.92. The summed E-state index contributed by atoms with van der Waals surface area (Å²) >= 11 is 4.13. The molecule has 0 atom stereocenters. The predicted molar refractivity (Wildman–Crippen MR) is 133 cm³/mol. The highest BCUT2D eigenvalue weighted by Crippen LogP contribution is 2.53. The van der Waals surface area contributed by atoms with Gasteiger partial charge in [-0.2, -0.15) is 0 Å². The molecule has 0 spiro atoms. The van der Waals surface area contributed by atoms with E-state index in [4.69, 9.17) is 0 Å². The van der Waals surface area contributed by atoms with E-state index < -0.39 is 8.07 Å². The second-order valence-corrected chi connectivity index (χ2v) is 14.9. The fraction of sp³-hybridized carbons (Fsp3) is 0.520. The molecule has 0 saturated heterocycles. The lowest BCUT2D eigenvalue weighted by atomic mass is 10.1. The third-order valence-electron chi connectivity index (χ3n) is 6.70. The van der Waals surface area contributed by atoms with E-state index in [-0.39, 0.29) is 0 Å². The molecule has 2 aromatic heterocycles. The number of hydrogen-bond acceptors (Lipinski definition) is 2. The normalized spacial score (nSPS) is 16.2. The van der Waals surface area contributed by atoms with Gasteiger partial charge >= 0.3 is 0 Å². The number of allylic oxidation sites excluding steroid dienone is 2. The zero-order valence-electron chi connectivity index (χ0n) is 18.8. The third-order valence-corrected chi connectivity index (χ3v) is 14.9. The fourth-order valence-corrected chi connectivity index (χ4v) is 13.3. The largest absolute Gasteiger partial charge is 0.141 e. The topological polar surface area (TPSA) is 0 Å². The molecule has 0 radical (unpaired) electrons. The van der Waals surface area contributed by atoms with Crippen LogP contribution in [0.5, 0.6) is 0 Å². The molecule has 1 aliphatic heterocycles. The maximum Gasteiger partial charge on any atom is 0.121 e. The Hall–Kier alpha value is -0.903. The van der Waals surface area contributed by atoms with Crippen LogP contribution in [0.3, 0.4) is 0 Å².